The molecular weight excluding hydrogens is 438 g/mol. The number of carbonyl (C=O) groups excluding carboxylic acids is 2. The van der Waals surface area contributed by atoms with Gasteiger partial charge < -0.3 is 16.0 Å². The van der Waals surface area contributed by atoms with Gasteiger partial charge in [0.05, 0.1) is 5.75 Å². The Labute approximate surface area is 189 Å². The molecule has 0 bridgehead atoms. The number of halogens is 1. The summed E-state index contributed by atoms with van der Waals surface area (Å²) in [6, 6.07) is 23.3. The maximum absolute atomic E-state index is 12.2. The van der Waals surface area contributed by atoms with Crippen molar-refractivity contribution in [2.24, 2.45) is 0 Å². The normalized spacial score (nSPS) is 10.2. The van der Waals surface area contributed by atoms with Crippen LogP contribution in [-0.2, 0) is 4.79 Å². The number of rotatable bonds is 6. The largest absolute Gasteiger partial charge is 0.332 e. The standard InChI is InChI=1S/C22H18ClN3O2S2/c23-16-6-12-19(13-7-16)30-14-20(27)26-22(29)25-18-10-8-17(9-11-18)24-21(28)15-4-2-1-3-5-15/h1-13H,14H2,(H,24,28)(H2,25,26,27,29). The molecule has 0 atom stereocenters. The van der Waals surface area contributed by atoms with E-state index in [9.17, 15) is 9.59 Å². The van der Waals surface area contributed by atoms with Gasteiger partial charge in [0.25, 0.3) is 5.91 Å². The Morgan fingerprint density at radius 3 is 2.07 bits per heavy atom. The molecule has 0 aliphatic carbocycles. The fourth-order valence-electron chi connectivity index (χ4n) is 2.43. The minimum absolute atomic E-state index is 0.183. The van der Waals surface area contributed by atoms with E-state index in [1.54, 1.807) is 48.5 Å². The third kappa shape index (κ3) is 6.88. The van der Waals surface area contributed by atoms with Crippen LogP contribution in [0.5, 0.6) is 0 Å². The molecule has 3 aromatic carbocycles. The Morgan fingerprint density at radius 2 is 1.43 bits per heavy atom. The highest BCUT2D eigenvalue weighted by atomic mass is 35.5. The lowest BCUT2D eigenvalue weighted by Crippen LogP contribution is -2.35. The highest BCUT2D eigenvalue weighted by Crippen LogP contribution is 2.20. The maximum atomic E-state index is 12.2. The fraction of sp³-hybridized carbons (Fsp3) is 0.0455. The molecule has 3 rings (SSSR count). The van der Waals surface area contributed by atoms with Crippen LogP contribution in [0, 0.1) is 0 Å². The quantitative estimate of drug-likeness (QED) is 0.352. The molecule has 0 aliphatic rings. The maximum Gasteiger partial charge on any atom is 0.255 e. The lowest BCUT2D eigenvalue weighted by Gasteiger charge is -2.11. The van der Waals surface area contributed by atoms with E-state index in [0.29, 0.717) is 22.0 Å². The van der Waals surface area contributed by atoms with E-state index in [1.807, 2.05) is 30.3 Å². The summed E-state index contributed by atoms with van der Waals surface area (Å²) in [4.78, 5) is 25.2. The summed E-state index contributed by atoms with van der Waals surface area (Å²) in [5, 5.41) is 9.28. The number of carbonyl (C=O) groups is 2. The number of benzene rings is 3. The van der Waals surface area contributed by atoms with Crippen molar-refractivity contribution < 1.29 is 9.59 Å². The van der Waals surface area contributed by atoms with E-state index in [-0.39, 0.29) is 22.7 Å². The summed E-state index contributed by atoms with van der Waals surface area (Å²) in [7, 11) is 0. The van der Waals surface area contributed by atoms with E-state index in [2.05, 4.69) is 16.0 Å². The van der Waals surface area contributed by atoms with Gasteiger partial charge >= 0.3 is 0 Å². The van der Waals surface area contributed by atoms with Crippen LogP contribution >= 0.6 is 35.6 Å². The molecule has 0 radical (unpaired) electrons. The molecule has 2 amide bonds. The van der Waals surface area contributed by atoms with Crippen molar-refractivity contribution >= 4 is 63.9 Å². The topological polar surface area (TPSA) is 70.2 Å². The Hall–Kier alpha value is -2.87. The summed E-state index contributed by atoms with van der Waals surface area (Å²) >= 11 is 12.4. The van der Waals surface area contributed by atoms with Crippen molar-refractivity contribution in [3.8, 4) is 0 Å². The zero-order valence-electron chi connectivity index (χ0n) is 15.7. The molecule has 0 fully saturated rings. The highest BCUT2D eigenvalue weighted by molar-refractivity contribution is 8.00. The van der Waals surface area contributed by atoms with Crippen LogP contribution < -0.4 is 16.0 Å². The number of anilines is 2. The second kappa shape index (κ2) is 10.8. The first-order chi connectivity index (χ1) is 14.5. The zero-order valence-corrected chi connectivity index (χ0v) is 18.1. The molecule has 5 nitrogen and oxygen atoms in total. The second-order valence-corrected chi connectivity index (χ2v) is 8.04. The Kier molecular flexibility index (Phi) is 7.84. The molecule has 0 aromatic heterocycles. The highest BCUT2D eigenvalue weighted by Gasteiger charge is 2.08. The molecule has 3 aromatic rings. The number of nitrogens with one attached hydrogen (secondary N) is 3. The van der Waals surface area contributed by atoms with Crippen LogP contribution in [0.15, 0.2) is 83.8 Å². The summed E-state index contributed by atoms with van der Waals surface area (Å²) in [6.45, 7) is 0. The summed E-state index contributed by atoms with van der Waals surface area (Å²) in [5.74, 6) is -0.162. The fourth-order valence-corrected chi connectivity index (χ4v) is 3.49. The van der Waals surface area contributed by atoms with Crippen molar-refractivity contribution in [2.75, 3.05) is 16.4 Å². The van der Waals surface area contributed by atoms with Crippen molar-refractivity contribution in [3.05, 3.63) is 89.4 Å². The van der Waals surface area contributed by atoms with Crippen LogP contribution in [0.4, 0.5) is 11.4 Å². The monoisotopic (exact) mass is 455 g/mol. The van der Waals surface area contributed by atoms with Crippen molar-refractivity contribution in [1.82, 2.24) is 5.32 Å². The number of thiocarbonyl (C=S) groups is 1. The van der Waals surface area contributed by atoms with Gasteiger partial charge in [-0.1, -0.05) is 29.8 Å². The minimum atomic E-state index is -0.209. The zero-order chi connectivity index (χ0) is 21.3. The Bertz CT molecular complexity index is 1030. The Morgan fingerprint density at radius 1 is 0.833 bits per heavy atom. The second-order valence-electron chi connectivity index (χ2n) is 6.14. The lowest BCUT2D eigenvalue weighted by molar-refractivity contribution is -0.117. The van der Waals surface area contributed by atoms with Crippen LogP contribution in [0.25, 0.3) is 0 Å². The van der Waals surface area contributed by atoms with Crippen LogP contribution in [0.1, 0.15) is 10.4 Å². The lowest BCUT2D eigenvalue weighted by atomic mass is 10.2. The minimum Gasteiger partial charge on any atom is -0.332 e. The molecule has 0 saturated heterocycles. The first kappa shape index (κ1) is 21.8. The van der Waals surface area contributed by atoms with Crippen LogP contribution in [-0.4, -0.2) is 22.7 Å². The number of amides is 2. The van der Waals surface area contributed by atoms with Gasteiger partial charge in [0.15, 0.2) is 5.11 Å². The molecule has 3 N–H and O–H groups in total. The molecule has 0 saturated carbocycles. The van der Waals surface area contributed by atoms with Gasteiger partial charge in [0.2, 0.25) is 5.91 Å². The smallest absolute Gasteiger partial charge is 0.255 e. The van der Waals surface area contributed by atoms with E-state index in [1.165, 1.54) is 11.8 Å². The first-order valence-corrected chi connectivity index (χ1v) is 10.7. The first-order valence-electron chi connectivity index (χ1n) is 8.95. The number of thioether (sulfide) groups is 1. The van der Waals surface area contributed by atoms with Crippen LogP contribution in [0.2, 0.25) is 5.02 Å². The Balaban J connectivity index is 1.45. The van der Waals surface area contributed by atoms with Crippen molar-refractivity contribution in [1.29, 1.82) is 0 Å². The molecule has 0 unspecified atom stereocenters. The van der Waals surface area contributed by atoms with Gasteiger partial charge in [-0.25, -0.2) is 0 Å². The molecular formula is C22H18ClN3O2S2. The number of hydrogen-bond acceptors (Lipinski definition) is 4. The van der Waals surface area contributed by atoms with E-state index in [4.69, 9.17) is 23.8 Å². The van der Waals surface area contributed by atoms with E-state index < -0.39 is 0 Å². The third-order valence-electron chi connectivity index (χ3n) is 3.87. The van der Waals surface area contributed by atoms with E-state index >= 15 is 0 Å². The molecule has 0 heterocycles. The van der Waals surface area contributed by atoms with E-state index in [0.717, 1.165) is 4.90 Å². The van der Waals surface area contributed by atoms with Crippen LogP contribution in [0.3, 0.4) is 0 Å². The molecule has 30 heavy (non-hydrogen) atoms. The van der Waals surface area contributed by atoms with Gasteiger partial charge in [0.1, 0.15) is 0 Å². The van der Waals surface area contributed by atoms with Crippen molar-refractivity contribution in [2.45, 2.75) is 4.90 Å². The van der Waals surface area contributed by atoms with Gasteiger partial charge in [-0.05, 0) is 72.9 Å². The third-order valence-corrected chi connectivity index (χ3v) is 5.34. The molecule has 152 valence electrons. The van der Waals surface area contributed by atoms with Gasteiger partial charge in [-0.2, -0.15) is 0 Å². The summed E-state index contributed by atoms with van der Waals surface area (Å²) < 4.78 is 0. The van der Waals surface area contributed by atoms with Gasteiger partial charge in [0, 0.05) is 26.9 Å². The SMILES string of the molecule is O=C(CSc1ccc(Cl)cc1)NC(=S)Nc1ccc(NC(=O)c2ccccc2)cc1. The number of hydrogen-bond donors (Lipinski definition) is 3. The van der Waals surface area contributed by atoms with Crippen molar-refractivity contribution in [3.63, 3.8) is 0 Å². The van der Waals surface area contributed by atoms with Gasteiger partial charge in [-0.15, -0.1) is 11.8 Å². The predicted molar refractivity (Wildman–Crippen MR) is 127 cm³/mol. The molecule has 0 aliphatic heterocycles. The predicted octanol–water partition coefficient (Wildman–Crippen LogP) is 5.20. The summed E-state index contributed by atoms with van der Waals surface area (Å²) in [5.41, 5.74) is 1.94. The average Bonchev–Trinajstić information content (AvgIpc) is 2.75. The molecule has 8 heteroatoms. The summed E-state index contributed by atoms with van der Waals surface area (Å²) in [6.07, 6.45) is 0. The molecule has 0 spiro atoms. The van der Waals surface area contributed by atoms with Gasteiger partial charge in [-0.3, -0.25) is 9.59 Å². The average molecular weight is 456 g/mol.